The van der Waals surface area contributed by atoms with Crippen LogP contribution < -0.4 is 9.47 Å². The van der Waals surface area contributed by atoms with Gasteiger partial charge < -0.3 is 14.3 Å². The molecule has 0 amide bonds. The molecule has 0 fully saturated rings. The molecule has 0 spiro atoms. The van der Waals surface area contributed by atoms with Gasteiger partial charge in [-0.05, 0) is 66.6 Å². The first-order valence-corrected chi connectivity index (χ1v) is 13.6. The van der Waals surface area contributed by atoms with Crippen molar-refractivity contribution in [1.82, 2.24) is 29.4 Å². The van der Waals surface area contributed by atoms with Gasteiger partial charge in [0, 0.05) is 5.02 Å². The second-order valence-corrected chi connectivity index (χ2v) is 10.1. The minimum atomic E-state index is -0.242. The van der Waals surface area contributed by atoms with Crippen molar-refractivity contribution in [2.24, 2.45) is 5.16 Å². The summed E-state index contributed by atoms with van der Waals surface area (Å²) in [6.45, 7) is 2.06. The van der Waals surface area contributed by atoms with E-state index < -0.39 is 0 Å². The lowest BCUT2D eigenvalue weighted by Crippen LogP contribution is -2.16. The van der Waals surface area contributed by atoms with Gasteiger partial charge in [0.2, 0.25) is 11.8 Å². The maximum absolute atomic E-state index is 6.46. The topological polar surface area (TPSA) is 101 Å². The van der Waals surface area contributed by atoms with Crippen LogP contribution in [0.4, 0.5) is 0 Å². The van der Waals surface area contributed by atoms with Gasteiger partial charge in [0.15, 0.2) is 18.1 Å². The first-order chi connectivity index (χ1) is 20.6. The number of ether oxygens (including phenoxy) is 2. The van der Waals surface area contributed by atoms with Crippen molar-refractivity contribution in [2.75, 3.05) is 7.11 Å². The van der Waals surface area contributed by atoms with Gasteiger partial charge in [0.25, 0.3) is 0 Å². The van der Waals surface area contributed by atoms with Crippen LogP contribution in [0.15, 0.2) is 90.3 Å². The molecule has 0 saturated carbocycles. The van der Waals surface area contributed by atoms with E-state index in [-0.39, 0.29) is 12.5 Å². The van der Waals surface area contributed by atoms with Crippen molar-refractivity contribution < 1.29 is 14.3 Å². The summed E-state index contributed by atoms with van der Waals surface area (Å²) < 4.78 is 15.1. The molecule has 1 aliphatic heterocycles. The fourth-order valence-corrected chi connectivity index (χ4v) is 5.23. The lowest BCUT2D eigenvalue weighted by molar-refractivity contribution is 0.126. The number of hydrogen-bond donors (Lipinski definition) is 0. The highest BCUT2D eigenvalue weighted by atomic mass is 35.5. The molecule has 10 nitrogen and oxygen atoms in total. The second-order valence-electron chi connectivity index (χ2n) is 9.68. The van der Waals surface area contributed by atoms with E-state index in [2.05, 4.69) is 27.4 Å². The van der Waals surface area contributed by atoms with Crippen LogP contribution in [0.25, 0.3) is 11.3 Å². The molecule has 0 saturated heterocycles. The van der Waals surface area contributed by atoms with E-state index in [1.165, 1.54) is 0 Å². The largest absolute Gasteiger partial charge is 0.497 e. The van der Waals surface area contributed by atoms with Gasteiger partial charge in [-0.25, -0.2) is 19.2 Å². The minimum absolute atomic E-state index is 0.0821. The molecule has 208 valence electrons. The van der Waals surface area contributed by atoms with Gasteiger partial charge in [0.1, 0.15) is 12.1 Å². The Labute approximate surface area is 245 Å². The number of benzene rings is 3. The number of halogens is 1. The predicted molar refractivity (Wildman–Crippen MR) is 157 cm³/mol. The van der Waals surface area contributed by atoms with E-state index in [1.807, 2.05) is 73.7 Å². The molecular weight excluding hydrogens is 554 g/mol. The van der Waals surface area contributed by atoms with E-state index in [0.29, 0.717) is 28.3 Å². The Bertz CT molecular complexity index is 1920. The molecule has 0 radical (unpaired) electrons. The smallest absolute Gasteiger partial charge is 0.230 e. The Balaban J connectivity index is 1.26. The van der Waals surface area contributed by atoms with Crippen LogP contribution in [0.5, 0.6) is 17.5 Å². The molecule has 42 heavy (non-hydrogen) atoms. The zero-order chi connectivity index (χ0) is 28.6. The molecule has 1 aliphatic rings. The number of fused-ring (bicyclic) bond motifs is 4. The van der Waals surface area contributed by atoms with Gasteiger partial charge in [-0.1, -0.05) is 47.1 Å². The maximum atomic E-state index is 6.46. The summed E-state index contributed by atoms with van der Waals surface area (Å²) in [6, 6.07) is 25.2. The van der Waals surface area contributed by atoms with Crippen LogP contribution in [-0.4, -0.2) is 42.7 Å². The second kappa shape index (κ2) is 10.6. The number of aromatic nitrogens is 6. The third-order valence-corrected chi connectivity index (χ3v) is 7.31. The van der Waals surface area contributed by atoms with E-state index in [0.717, 1.165) is 39.4 Å². The maximum Gasteiger partial charge on any atom is 0.230 e. The standard InChI is InChI=1S/C31H24ClN7O3/c1-19-26-27(21-6-4-3-5-7-21)28-29-35-25(17-41-34-16-20-8-14-24(40-2)15-9-20)37-38(29)18-33-30(28)42-31(26)39(36-19)23-12-10-22(32)11-13-23/h3-16,18,27H,17H2,1-2H3/b34-16+/t27-/m0/s1. The highest BCUT2D eigenvalue weighted by Crippen LogP contribution is 2.49. The summed E-state index contributed by atoms with van der Waals surface area (Å²) in [5.74, 6) is 2.04. The van der Waals surface area contributed by atoms with Crippen molar-refractivity contribution in [3.8, 4) is 23.2 Å². The Hall–Kier alpha value is -5.22. The summed E-state index contributed by atoms with van der Waals surface area (Å²) in [4.78, 5) is 15.0. The molecule has 1 atom stereocenters. The molecule has 3 aromatic heterocycles. The number of oxime groups is 1. The summed E-state index contributed by atoms with van der Waals surface area (Å²) >= 11 is 6.15. The molecule has 11 heteroatoms. The summed E-state index contributed by atoms with van der Waals surface area (Å²) in [6.07, 6.45) is 3.22. The quantitative estimate of drug-likeness (QED) is 0.166. The third-order valence-electron chi connectivity index (χ3n) is 7.05. The van der Waals surface area contributed by atoms with Gasteiger partial charge in [-0.3, -0.25) is 0 Å². The first kappa shape index (κ1) is 25.7. The fraction of sp³-hybridized carbons (Fsp3) is 0.129. The van der Waals surface area contributed by atoms with Crippen molar-refractivity contribution in [3.05, 3.63) is 124 Å². The highest BCUT2D eigenvalue weighted by Gasteiger charge is 2.38. The molecule has 0 N–H and O–H groups in total. The number of hydrogen-bond acceptors (Lipinski definition) is 8. The number of aryl methyl sites for hydroxylation is 1. The Morgan fingerprint density at radius 1 is 0.976 bits per heavy atom. The van der Waals surface area contributed by atoms with E-state index >= 15 is 0 Å². The first-order valence-electron chi connectivity index (χ1n) is 13.2. The summed E-state index contributed by atoms with van der Waals surface area (Å²) in [7, 11) is 1.63. The Morgan fingerprint density at radius 3 is 2.52 bits per heavy atom. The third kappa shape index (κ3) is 4.61. The lowest BCUT2D eigenvalue weighted by atomic mass is 9.84. The Morgan fingerprint density at radius 2 is 1.76 bits per heavy atom. The molecule has 7 rings (SSSR count). The van der Waals surface area contributed by atoms with Crippen LogP contribution in [0.3, 0.4) is 0 Å². The zero-order valence-electron chi connectivity index (χ0n) is 22.7. The number of rotatable bonds is 7. The van der Waals surface area contributed by atoms with Crippen LogP contribution in [-0.2, 0) is 11.4 Å². The molecule has 4 heterocycles. The molecule has 0 unspecified atom stereocenters. The van der Waals surface area contributed by atoms with Crippen LogP contribution >= 0.6 is 11.6 Å². The fourth-order valence-electron chi connectivity index (χ4n) is 5.10. The van der Waals surface area contributed by atoms with E-state index in [9.17, 15) is 0 Å². The molecule has 0 bridgehead atoms. The molecule has 3 aromatic carbocycles. The van der Waals surface area contributed by atoms with E-state index in [4.69, 9.17) is 36.0 Å². The van der Waals surface area contributed by atoms with Crippen LogP contribution in [0.1, 0.15) is 39.7 Å². The average Bonchev–Trinajstić information content (AvgIpc) is 3.60. The number of methoxy groups -OCH3 is 1. The van der Waals surface area contributed by atoms with Gasteiger partial charge in [-0.15, -0.1) is 5.10 Å². The zero-order valence-corrected chi connectivity index (χ0v) is 23.4. The average molecular weight is 578 g/mol. The molecule has 0 aliphatic carbocycles. The summed E-state index contributed by atoms with van der Waals surface area (Å²) in [5.41, 5.74) is 5.96. The monoisotopic (exact) mass is 577 g/mol. The SMILES string of the molecule is COc1ccc(/C=N/OCc2nc3c4c(ncn3n2)Oc2c(c(C)nn2-c2ccc(Cl)cc2)[C@@H]4c2ccccc2)cc1. The Kier molecular flexibility index (Phi) is 6.52. The number of nitrogens with zero attached hydrogens (tertiary/aromatic N) is 7. The van der Waals surface area contributed by atoms with E-state index in [1.54, 1.807) is 28.8 Å². The molecule has 6 aromatic rings. The van der Waals surface area contributed by atoms with Gasteiger partial charge >= 0.3 is 0 Å². The van der Waals surface area contributed by atoms with Gasteiger partial charge in [0.05, 0.1) is 41.8 Å². The van der Waals surface area contributed by atoms with Crippen LogP contribution in [0, 0.1) is 6.92 Å². The van der Waals surface area contributed by atoms with Crippen molar-refractivity contribution in [3.63, 3.8) is 0 Å². The van der Waals surface area contributed by atoms with Crippen molar-refractivity contribution in [2.45, 2.75) is 19.4 Å². The molecular formula is C31H24ClN7O3. The van der Waals surface area contributed by atoms with Crippen LogP contribution in [0.2, 0.25) is 5.02 Å². The highest BCUT2D eigenvalue weighted by molar-refractivity contribution is 6.30. The van der Waals surface area contributed by atoms with Gasteiger partial charge in [-0.2, -0.15) is 5.10 Å². The normalized spacial score (nSPS) is 14.0. The van der Waals surface area contributed by atoms with Crippen molar-refractivity contribution in [1.29, 1.82) is 0 Å². The van der Waals surface area contributed by atoms with Crippen molar-refractivity contribution >= 4 is 23.5 Å². The summed E-state index contributed by atoms with van der Waals surface area (Å²) in [5, 5.41) is 14.2. The minimum Gasteiger partial charge on any atom is -0.497 e. The lowest BCUT2D eigenvalue weighted by Gasteiger charge is -2.26. The predicted octanol–water partition coefficient (Wildman–Crippen LogP) is 6.12.